The number of halogens is 3. The lowest BCUT2D eigenvalue weighted by Gasteiger charge is -2.19. The summed E-state index contributed by atoms with van der Waals surface area (Å²) in [7, 11) is 0. The summed E-state index contributed by atoms with van der Waals surface area (Å²) in [5, 5.41) is 0. The molecule has 0 heterocycles. The molecule has 0 bridgehead atoms. The van der Waals surface area contributed by atoms with Crippen molar-refractivity contribution >= 4 is 5.90 Å². The van der Waals surface area contributed by atoms with Crippen LogP contribution in [0.3, 0.4) is 0 Å². The minimum absolute atomic E-state index is 0.130. The van der Waals surface area contributed by atoms with E-state index in [9.17, 15) is 13.2 Å². The number of hydrogen-bond donors (Lipinski definition) is 0. The fraction of sp³-hybridized carbons (Fsp3) is 0.423. The number of allylic oxidation sites excluding steroid dienone is 1. The maximum absolute atomic E-state index is 13.5. The molecule has 0 radical (unpaired) electrons. The summed E-state index contributed by atoms with van der Waals surface area (Å²) < 4.78 is 46.0. The Morgan fingerprint density at radius 3 is 2.19 bits per heavy atom. The third kappa shape index (κ3) is 10.3. The normalized spacial score (nSPS) is 13.5. The van der Waals surface area contributed by atoms with Crippen molar-refractivity contribution in [2.45, 2.75) is 64.1 Å². The molecule has 0 spiro atoms. The van der Waals surface area contributed by atoms with Crippen LogP contribution in [0.15, 0.2) is 77.8 Å². The van der Waals surface area contributed by atoms with Crippen molar-refractivity contribution in [1.29, 1.82) is 0 Å². The van der Waals surface area contributed by atoms with E-state index in [0.717, 1.165) is 37.7 Å². The zero-order valence-electron chi connectivity index (χ0n) is 18.2. The van der Waals surface area contributed by atoms with Crippen LogP contribution in [0, 0.1) is 0 Å². The first kappa shape index (κ1) is 24.7. The molecule has 1 atom stereocenters. The van der Waals surface area contributed by atoms with Gasteiger partial charge in [-0.3, -0.25) is 0 Å². The van der Waals surface area contributed by atoms with Crippen molar-refractivity contribution in [3.05, 3.63) is 83.9 Å². The Morgan fingerprint density at radius 2 is 1.58 bits per heavy atom. The van der Waals surface area contributed by atoms with E-state index >= 15 is 0 Å². The Kier molecular flexibility index (Phi) is 10.9. The van der Waals surface area contributed by atoms with Gasteiger partial charge in [-0.1, -0.05) is 92.9 Å². The SMILES string of the molecule is CCCCCCN=C(O[C@@H](/C=C/CCc1ccccc1)Cc1ccccc1)C(F)(F)F. The van der Waals surface area contributed by atoms with E-state index < -0.39 is 18.2 Å². The summed E-state index contributed by atoms with van der Waals surface area (Å²) in [6.45, 7) is 2.19. The third-order valence-electron chi connectivity index (χ3n) is 4.85. The Hall–Kier alpha value is -2.56. The molecule has 0 fully saturated rings. The molecule has 2 nitrogen and oxygen atoms in total. The molecule has 0 unspecified atom stereocenters. The van der Waals surface area contributed by atoms with Gasteiger partial charge in [-0.15, -0.1) is 0 Å². The van der Waals surface area contributed by atoms with E-state index in [4.69, 9.17) is 4.74 Å². The molecule has 2 rings (SSSR count). The maximum atomic E-state index is 13.5. The lowest BCUT2D eigenvalue weighted by Crippen LogP contribution is -2.31. The van der Waals surface area contributed by atoms with Crippen molar-refractivity contribution in [3.63, 3.8) is 0 Å². The van der Waals surface area contributed by atoms with Crippen LogP contribution in [-0.2, 0) is 17.6 Å². The van der Waals surface area contributed by atoms with Crippen LogP contribution >= 0.6 is 0 Å². The Balaban J connectivity index is 2.05. The number of unbranched alkanes of at least 4 members (excludes halogenated alkanes) is 3. The second-order valence-corrected chi connectivity index (χ2v) is 7.54. The number of alkyl halides is 3. The van der Waals surface area contributed by atoms with Crippen LogP contribution in [0.1, 0.15) is 50.2 Å². The molecule has 168 valence electrons. The van der Waals surface area contributed by atoms with Crippen molar-refractivity contribution in [2.24, 2.45) is 4.99 Å². The van der Waals surface area contributed by atoms with Gasteiger partial charge in [0, 0.05) is 13.0 Å². The predicted octanol–water partition coefficient (Wildman–Crippen LogP) is 7.34. The maximum Gasteiger partial charge on any atom is 0.468 e. The molecular formula is C26H32F3NO. The van der Waals surface area contributed by atoms with Gasteiger partial charge in [0.2, 0.25) is 0 Å². The van der Waals surface area contributed by atoms with Gasteiger partial charge in [0.05, 0.1) is 0 Å². The van der Waals surface area contributed by atoms with Gasteiger partial charge < -0.3 is 4.74 Å². The number of ether oxygens (including phenoxy) is 1. The van der Waals surface area contributed by atoms with Crippen molar-refractivity contribution in [3.8, 4) is 0 Å². The Morgan fingerprint density at radius 1 is 0.935 bits per heavy atom. The number of rotatable bonds is 12. The molecule has 31 heavy (non-hydrogen) atoms. The molecule has 0 aliphatic carbocycles. The van der Waals surface area contributed by atoms with E-state index in [1.807, 2.05) is 66.7 Å². The lowest BCUT2D eigenvalue weighted by molar-refractivity contribution is -0.0815. The largest absolute Gasteiger partial charge is 0.468 e. The highest BCUT2D eigenvalue weighted by molar-refractivity contribution is 5.82. The van der Waals surface area contributed by atoms with E-state index in [1.54, 1.807) is 6.08 Å². The average molecular weight is 432 g/mol. The van der Waals surface area contributed by atoms with E-state index in [2.05, 4.69) is 11.9 Å². The van der Waals surface area contributed by atoms with E-state index in [-0.39, 0.29) is 6.54 Å². The average Bonchev–Trinajstić information content (AvgIpc) is 2.76. The van der Waals surface area contributed by atoms with E-state index in [0.29, 0.717) is 12.8 Å². The number of nitrogens with zero attached hydrogens (tertiary/aromatic N) is 1. The minimum Gasteiger partial charge on any atom is -0.467 e. The summed E-state index contributed by atoms with van der Waals surface area (Å²) in [5.74, 6) is -1.13. The Bertz CT molecular complexity index is 785. The van der Waals surface area contributed by atoms with Gasteiger partial charge in [-0.25, -0.2) is 4.99 Å². The monoisotopic (exact) mass is 431 g/mol. The summed E-state index contributed by atoms with van der Waals surface area (Å²) in [5.41, 5.74) is 2.11. The molecule has 0 saturated carbocycles. The molecular weight excluding hydrogens is 399 g/mol. The number of benzene rings is 2. The van der Waals surface area contributed by atoms with Gasteiger partial charge in [0.25, 0.3) is 5.90 Å². The number of hydrogen-bond acceptors (Lipinski definition) is 2. The van der Waals surface area contributed by atoms with Crippen molar-refractivity contribution in [2.75, 3.05) is 6.54 Å². The summed E-state index contributed by atoms with van der Waals surface area (Å²) in [6, 6.07) is 19.4. The van der Waals surface area contributed by atoms with Gasteiger partial charge in [0.1, 0.15) is 6.10 Å². The fourth-order valence-electron chi connectivity index (χ4n) is 3.19. The zero-order chi connectivity index (χ0) is 22.4. The predicted molar refractivity (Wildman–Crippen MR) is 121 cm³/mol. The van der Waals surface area contributed by atoms with Crippen LogP contribution in [0.5, 0.6) is 0 Å². The van der Waals surface area contributed by atoms with Crippen molar-refractivity contribution < 1.29 is 17.9 Å². The first-order valence-electron chi connectivity index (χ1n) is 11.0. The van der Waals surface area contributed by atoms with Crippen LogP contribution in [0.4, 0.5) is 13.2 Å². The molecule has 0 aliphatic heterocycles. The standard InChI is InChI=1S/C26H32F3NO/c1-2-3-4-13-20-30-25(26(27,28)29)31-24(21-23-17-9-6-10-18-23)19-12-11-16-22-14-7-5-8-15-22/h5-10,12,14-15,17-19,24H,2-4,11,13,16,20-21H2,1H3/b19-12+,30-25?/t24-/m0/s1. The highest BCUT2D eigenvalue weighted by Gasteiger charge is 2.39. The second-order valence-electron chi connectivity index (χ2n) is 7.54. The van der Waals surface area contributed by atoms with Crippen LogP contribution in [0.25, 0.3) is 0 Å². The van der Waals surface area contributed by atoms with Gasteiger partial charge in [0.15, 0.2) is 0 Å². The molecule has 2 aromatic rings. The number of aryl methyl sites for hydroxylation is 1. The van der Waals surface area contributed by atoms with Crippen LogP contribution in [-0.4, -0.2) is 24.7 Å². The molecule has 0 aliphatic rings. The topological polar surface area (TPSA) is 21.6 Å². The van der Waals surface area contributed by atoms with Gasteiger partial charge >= 0.3 is 6.18 Å². The number of aliphatic imine (C=N–C) groups is 1. The minimum atomic E-state index is -4.60. The molecule has 0 amide bonds. The highest BCUT2D eigenvalue weighted by atomic mass is 19.4. The molecule has 5 heteroatoms. The summed E-state index contributed by atoms with van der Waals surface area (Å²) in [4.78, 5) is 3.76. The van der Waals surface area contributed by atoms with E-state index in [1.165, 1.54) is 5.56 Å². The summed E-state index contributed by atoms with van der Waals surface area (Å²) >= 11 is 0. The van der Waals surface area contributed by atoms with Crippen LogP contribution in [0.2, 0.25) is 0 Å². The second kappa shape index (κ2) is 13.7. The molecule has 0 saturated heterocycles. The molecule has 2 aromatic carbocycles. The summed E-state index contributed by atoms with van der Waals surface area (Å²) in [6.07, 6.45) is 3.74. The van der Waals surface area contributed by atoms with Crippen molar-refractivity contribution in [1.82, 2.24) is 0 Å². The zero-order valence-corrected chi connectivity index (χ0v) is 18.2. The first-order valence-corrected chi connectivity index (χ1v) is 11.0. The fourth-order valence-corrected chi connectivity index (χ4v) is 3.19. The van der Waals surface area contributed by atoms with Gasteiger partial charge in [-0.05, 0) is 36.5 Å². The van der Waals surface area contributed by atoms with Crippen LogP contribution < -0.4 is 0 Å². The first-order chi connectivity index (χ1) is 15.0. The molecule has 0 N–H and O–H groups in total. The quantitative estimate of drug-likeness (QED) is 0.149. The third-order valence-corrected chi connectivity index (χ3v) is 4.85. The van der Waals surface area contributed by atoms with Gasteiger partial charge in [-0.2, -0.15) is 13.2 Å². The smallest absolute Gasteiger partial charge is 0.467 e. The molecule has 0 aromatic heterocycles. The Labute approximate surface area is 183 Å². The highest BCUT2D eigenvalue weighted by Crippen LogP contribution is 2.21. The lowest BCUT2D eigenvalue weighted by atomic mass is 10.1.